The summed E-state index contributed by atoms with van der Waals surface area (Å²) in [5, 5.41) is 3.84. The molecule has 0 spiro atoms. The molecule has 3 aromatic rings. The molecule has 9 nitrogen and oxygen atoms in total. The van der Waals surface area contributed by atoms with E-state index in [-0.39, 0.29) is 29.0 Å². The van der Waals surface area contributed by atoms with E-state index in [1.165, 1.54) is 12.1 Å². The van der Waals surface area contributed by atoms with Gasteiger partial charge in [-0.3, -0.25) is 9.69 Å². The van der Waals surface area contributed by atoms with Crippen LogP contribution in [0.5, 0.6) is 11.5 Å². The zero-order valence-corrected chi connectivity index (χ0v) is 23.0. The number of ether oxygens (including phenoxy) is 2. The van der Waals surface area contributed by atoms with E-state index in [4.69, 9.17) is 14.5 Å². The number of hydrogen-bond acceptors (Lipinski definition) is 9. The second kappa shape index (κ2) is 12.1. The Labute approximate surface area is 221 Å². The van der Waals surface area contributed by atoms with Gasteiger partial charge in [0.2, 0.25) is 0 Å². The number of hydrogen-bond donors (Lipinski definition) is 1. The molecule has 0 radical (unpaired) electrons. The van der Waals surface area contributed by atoms with Crippen molar-refractivity contribution in [1.82, 2.24) is 15.2 Å². The van der Waals surface area contributed by atoms with Crippen LogP contribution in [0.4, 0.5) is 5.13 Å². The molecular formula is C24H31ClN4O5S2. The molecule has 0 atom stereocenters. The lowest BCUT2D eigenvalue weighted by Gasteiger charge is -2.34. The second-order valence-electron chi connectivity index (χ2n) is 8.16. The number of halogens is 1. The molecule has 4 rings (SSSR count). The molecule has 1 aliphatic heterocycles. The molecule has 0 saturated carbocycles. The maximum atomic E-state index is 12.5. The molecule has 2 aromatic carbocycles. The minimum atomic E-state index is -3.35. The predicted octanol–water partition coefficient (Wildman–Crippen LogP) is 3.08. The third-order valence-corrected chi connectivity index (χ3v) is 8.95. The number of aromatic nitrogens is 1. The SMILES string of the molecule is CCS(=O)(=O)c1cccc(C(=O)NCCN2CCN(c3nc4c(OC)ccc(OC)c4s3)CC2)c1.Cl. The molecule has 1 saturated heterocycles. The summed E-state index contributed by atoms with van der Waals surface area (Å²) >= 11 is 1.60. The number of nitrogens with one attached hydrogen (secondary N) is 1. The number of amides is 1. The summed E-state index contributed by atoms with van der Waals surface area (Å²) < 4.78 is 36.1. The molecule has 2 heterocycles. The Morgan fingerprint density at radius 2 is 1.78 bits per heavy atom. The van der Waals surface area contributed by atoms with E-state index in [9.17, 15) is 13.2 Å². The Hall–Kier alpha value is -2.60. The van der Waals surface area contributed by atoms with Crippen molar-refractivity contribution in [2.45, 2.75) is 11.8 Å². The van der Waals surface area contributed by atoms with Gasteiger partial charge in [-0.1, -0.05) is 24.3 Å². The van der Waals surface area contributed by atoms with Crippen LogP contribution in [0.3, 0.4) is 0 Å². The van der Waals surface area contributed by atoms with Crippen molar-refractivity contribution in [2.75, 3.05) is 64.1 Å². The summed E-state index contributed by atoms with van der Waals surface area (Å²) in [6.07, 6.45) is 0. The van der Waals surface area contributed by atoms with Gasteiger partial charge in [-0.25, -0.2) is 13.4 Å². The standard InChI is InChI=1S/C24H30N4O5S2.ClH/c1-4-35(30,31)18-7-5-6-17(16-18)23(29)25-10-11-27-12-14-28(15-13-27)24-26-21-19(32-2)8-9-20(33-3)22(21)34-24;/h5-9,16H,4,10-15H2,1-3H3,(H,25,29);1H. The summed E-state index contributed by atoms with van der Waals surface area (Å²) in [5.41, 5.74) is 1.17. The topological polar surface area (TPSA) is 101 Å². The molecule has 1 aliphatic rings. The minimum Gasteiger partial charge on any atom is -0.495 e. The van der Waals surface area contributed by atoms with E-state index in [0.717, 1.165) is 53.0 Å². The Kier molecular flexibility index (Phi) is 9.40. The molecule has 0 unspecified atom stereocenters. The molecular weight excluding hydrogens is 524 g/mol. The maximum absolute atomic E-state index is 12.5. The monoisotopic (exact) mass is 554 g/mol. The largest absolute Gasteiger partial charge is 0.495 e. The minimum absolute atomic E-state index is 0. The van der Waals surface area contributed by atoms with Crippen LogP contribution in [0.25, 0.3) is 10.2 Å². The van der Waals surface area contributed by atoms with Crippen molar-refractivity contribution < 1.29 is 22.7 Å². The van der Waals surface area contributed by atoms with Crippen LogP contribution in [0.15, 0.2) is 41.3 Å². The van der Waals surface area contributed by atoms with Crippen LogP contribution in [0, 0.1) is 0 Å². The number of methoxy groups -OCH3 is 2. The normalized spacial score (nSPS) is 14.4. The number of thiazole rings is 1. The van der Waals surface area contributed by atoms with Crippen molar-refractivity contribution >= 4 is 54.8 Å². The summed E-state index contributed by atoms with van der Waals surface area (Å²) in [6.45, 7) is 6.15. The summed E-state index contributed by atoms with van der Waals surface area (Å²) in [5.74, 6) is 1.25. The number of fused-ring (bicyclic) bond motifs is 1. The first-order valence-corrected chi connectivity index (χ1v) is 13.9. The van der Waals surface area contributed by atoms with Crippen molar-refractivity contribution in [3.8, 4) is 11.5 Å². The average molecular weight is 555 g/mol. The molecule has 36 heavy (non-hydrogen) atoms. The van der Waals surface area contributed by atoms with Crippen LogP contribution in [-0.2, 0) is 9.84 Å². The lowest BCUT2D eigenvalue weighted by Crippen LogP contribution is -2.48. The van der Waals surface area contributed by atoms with Gasteiger partial charge in [-0.2, -0.15) is 0 Å². The highest BCUT2D eigenvalue weighted by Crippen LogP contribution is 2.40. The molecule has 1 amide bonds. The molecule has 1 N–H and O–H groups in total. The maximum Gasteiger partial charge on any atom is 0.251 e. The highest BCUT2D eigenvalue weighted by atomic mass is 35.5. The number of piperazine rings is 1. The number of carbonyl (C=O) groups is 1. The summed E-state index contributed by atoms with van der Waals surface area (Å²) in [4.78, 5) is 22.1. The number of nitrogens with zero attached hydrogens (tertiary/aromatic N) is 3. The van der Waals surface area contributed by atoms with Crippen LogP contribution in [-0.4, -0.2) is 83.4 Å². The highest BCUT2D eigenvalue weighted by molar-refractivity contribution is 7.91. The molecule has 1 fully saturated rings. The van der Waals surface area contributed by atoms with Gasteiger partial charge >= 0.3 is 0 Å². The smallest absolute Gasteiger partial charge is 0.251 e. The molecule has 12 heteroatoms. The van der Waals surface area contributed by atoms with Crippen LogP contribution >= 0.6 is 23.7 Å². The molecule has 0 aliphatic carbocycles. The zero-order valence-electron chi connectivity index (χ0n) is 20.5. The van der Waals surface area contributed by atoms with Gasteiger partial charge in [0.1, 0.15) is 21.7 Å². The van der Waals surface area contributed by atoms with Gasteiger partial charge in [0, 0.05) is 44.8 Å². The van der Waals surface area contributed by atoms with Crippen molar-refractivity contribution in [3.63, 3.8) is 0 Å². The average Bonchev–Trinajstić information content (AvgIpc) is 3.34. The number of sulfone groups is 1. The Morgan fingerprint density at radius 3 is 2.44 bits per heavy atom. The van der Waals surface area contributed by atoms with Gasteiger partial charge < -0.3 is 19.7 Å². The van der Waals surface area contributed by atoms with Gasteiger partial charge in [-0.05, 0) is 30.3 Å². The molecule has 1 aromatic heterocycles. The molecule has 196 valence electrons. The number of benzene rings is 2. The second-order valence-corrected chi connectivity index (χ2v) is 11.4. The fourth-order valence-corrected chi connectivity index (χ4v) is 6.05. The highest BCUT2D eigenvalue weighted by Gasteiger charge is 2.22. The lowest BCUT2D eigenvalue weighted by atomic mass is 10.2. The predicted molar refractivity (Wildman–Crippen MR) is 145 cm³/mol. The third-order valence-electron chi connectivity index (χ3n) is 6.09. The van der Waals surface area contributed by atoms with E-state index >= 15 is 0 Å². The molecule has 0 bridgehead atoms. The zero-order chi connectivity index (χ0) is 25.0. The van der Waals surface area contributed by atoms with E-state index in [0.29, 0.717) is 18.7 Å². The van der Waals surface area contributed by atoms with E-state index in [1.807, 2.05) is 12.1 Å². The third kappa shape index (κ3) is 6.03. The Morgan fingerprint density at radius 1 is 1.08 bits per heavy atom. The van der Waals surface area contributed by atoms with E-state index in [2.05, 4.69) is 15.1 Å². The van der Waals surface area contributed by atoms with Gasteiger partial charge in [0.05, 0.1) is 24.9 Å². The van der Waals surface area contributed by atoms with Gasteiger partial charge in [0.25, 0.3) is 5.91 Å². The van der Waals surface area contributed by atoms with Crippen LogP contribution in [0.1, 0.15) is 17.3 Å². The van der Waals surface area contributed by atoms with Gasteiger partial charge in [-0.15, -0.1) is 12.4 Å². The van der Waals surface area contributed by atoms with Crippen molar-refractivity contribution in [3.05, 3.63) is 42.0 Å². The van der Waals surface area contributed by atoms with E-state index in [1.54, 1.807) is 44.6 Å². The van der Waals surface area contributed by atoms with E-state index < -0.39 is 9.84 Å². The number of rotatable bonds is 9. The fraction of sp³-hybridized carbons (Fsp3) is 0.417. The Bertz CT molecular complexity index is 1270. The quantitative estimate of drug-likeness (QED) is 0.431. The first kappa shape index (κ1) is 28.0. The van der Waals surface area contributed by atoms with Crippen LogP contribution < -0.4 is 19.7 Å². The fourth-order valence-electron chi connectivity index (χ4n) is 4.00. The summed E-state index contributed by atoms with van der Waals surface area (Å²) in [6, 6.07) is 9.96. The lowest BCUT2D eigenvalue weighted by molar-refractivity contribution is 0.0947. The van der Waals surface area contributed by atoms with Crippen molar-refractivity contribution in [2.24, 2.45) is 0 Å². The van der Waals surface area contributed by atoms with Gasteiger partial charge in [0.15, 0.2) is 15.0 Å². The van der Waals surface area contributed by atoms with Crippen LogP contribution in [0.2, 0.25) is 0 Å². The first-order valence-electron chi connectivity index (χ1n) is 11.5. The van der Waals surface area contributed by atoms with Crippen molar-refractivity contribution in [1.29, 1.82) is 0 Å². The Balaban J connectivity index is 0.00000361. The number of anilines is 1. The summed E-state index contributed by atoms with van der Waals surface area (Å²) in [7, 11) is -0.0526. The first-order chi connectivity index (χ1) is 16.9. The number of carbonyl (C=O) groups excluding carboxylic acids is 1.